The van der Waals surface area contributed by atoms with Crippen LogP contribution in [-0.2, 0) is 19.6 Å². The summed E-state index contributed by atoms with van der Waals surface area (Å²) in [5, 5.41) is 6.72. The lowest BCUT2D eigenvalue weighted by Crippen LogP contribution is -2.43. The molecule has 3 heterocycles. The lowest BCUT2D eigenvalue weighted by Gasteiger charge is -2.33. The Kier molecular flexibility index (Phi) is 7.18. The fourth-order valence-corrected chi connectivity index (χ4v) is 6.15. The van der Waals surface area contributed by atoms with Crippen molar-refractivity contribution in [2.24, 2.45) is 11.8 Å². The number of hydrogen-bond acceptors (Lipinski definition) is 6. The van der Waals surface area contributed by atoms with Gasteiger partial charge in [-0.3, -0.25) is 9.59 Å². The SMILES string of the molecule is Cc1noc(C)c1S(=O)(=O)N1CCC(C(C)C(=O)NCCCN2CCCC2=O)CC1. The van der Waals surface area contributed by atoms with Gasteiger partial charge in [0.1, 0.15) is 10.6 Å². The molecular weight excluding hydrogens is 408 g/mol. The molecule has 1 aromatic heterocycles. The molecule has 0 saturated carbocycles. The molecule has 1 aromatic rings. The minimum atomic E-state index is -3.64. The van der Waals surface area contributed by atoms with Crippen LogP contribution in [0.5, 0.6) is 0 Å². The largest absolute Gasteiger partial charge is 0.360 e. The van der Waals surface area contributed by atoms with E-state index in [1.807, 2.05) is 11.8 Å². The van der Waals surface area contributed by atoms with Crippen molar-refractivity contribution in [3.8, 4) is 0 Å². The highest BCUT2D eigenvalue weighted by atomic mass is 32.2. The summed E-state index contributed by atoms with van der Waals surface area (Å²) >= 11 is 0. The van der Waals surface area contributed by atoms with Crippen LogP contribution in [0, 0.1) is 25.7 Å². The predicted molar refractivity (Wildman–Crippen MR) is 110 cm³/mol. The molecule has 3 rings (SSSR count). The number of carbonyl (C=O) groups excluding carboxylic acids is 2. The molecule has 0 radical (unpaired) electrons. The molecule has 1 N–H and O–H groups in total. The maximum atomic E-state index is 12.9. The molecule has 2 aliphatic heterocycles. The average Bonchev–Trinajstić information content (AvgIpc) is 3.29. The summed E-state index contributed by atoms with van der Waals surface area (Å²) in [6, 6.07) is 0. The van der Waals surface area contributed by atoms with Crippen LogP contribution >= 0.6 is 0 Å². The number of nitrogens with zero attached hydrogens (tertiary/aromatic N) is 3. The molecule has 2 aliphatic rings. The number of piperidine rings is 1. The second kappa shape index (κ2) is 9.47. The van der Waals surface area contributed by atoms with Crippen molar-refractivity contribution in [2.45, 2.75) is 57.8 Å². The number of aryl methyl sites for hydroxylation is 2. The van der Waals surface area contributed by atoms with E-state index in [4.69, 9.17) is 4.52 Å². The predicted octanol–water partition coefficient (Wildman–Crippen LogP) is 1.46. The number of sulfonamides is 1. The zero-order valence-electron chi connectivity index (χ0n) is 18.0. The van der Waals surface area contributed by atoms with Crippen molar-refractivity contribution >= 4 is 21.8 Å². The molecule has 2 amide bonds. The number of amides is 2. The molecule has 0 spiro atoms. The Morgan fingerprint density at radius 3 is 2.53 bits per heavy atom. The van der Waals surface area contributed by atoms with Crippen LogP contribution in [0.2, 0.25) is 0 Å². The first-order chi connectivity index (χ1) is 14.2. The van der Waals surface area contributed by atoms with Crippen LogP contribution in [0.15, 0.2) is 9.42 Å². The summed E-state index contributed by atoms with van der Waals surface area (Å²) in [4.78, 5) is 26.1. The van der Waals surface area contributed by atoms with Gasteiger partial charge < -0.3 is 14.7 Å². The summed E-state index contributed by atoms with van der Waals surface area (Å²) in [7, 11) is -3.64. The molecule has 0 bridgehead atoms. The van der Waals surface area contributed by atoms with Gasteiger partial charge in [-0.05, 0) is 45.4 Å². The Bertz CT molecular complexity index is 854. The fraction of sp³-hybridized carbons (Fsp3) is 0.750. The topological polar surface area (TPSA) is 113 Å². The minimum absolute atomic E-state index is 0.00483. The third-order valence-corrected chi connectivity index (χ3v) is 8.40. The van der Waals surface area contributed by atoms with Crippen LogP contribution in [-0.4, -0.2) is 67.3 Å². The van der Waals surface area contributed by atoms with Crippen molar-refractivity contribution in [3.05, 3.63) is 11.5 Å². The minimum Gasteiger partial charge on any atom is -0.360 e. The van der Waals surface area contributed by atoms with E-state index in [1.165, 1.54) is 4.31 Å². The van der Waals surface area contributed by atoms with Crippen LogP contribution in [0.3, 0.4) is 0 Å². The van der Waals surface area contributed by atoms with E-state index in [1.54, 1.807) is 13.8 Å². The monoisotopic (exact) mass is 440 g/mol. The van der Waals surface area contributed by atoms with Crippen molar-refractivity contribution in [1.82, 2.24) is 19.7 Å². The molecule has 2 fully saturated rings. The maximum absolute atomic E-state index is 12.9. The number of rotatable bonds is 8. The van der Waals surface area contributed by atoms with Crippen molar-refractivity contribution in [3.63, 3.8) is 0 Å². The van der Waals surface area contributed by atoms with Gasteiger partial charge >= 0.3 is 0 Å². The number of hydrogen-bond donors (Lipinski definition) is 1. The molecule has 9 nitrogen and oxygen atoms in total. The fourth-order valence-electron chi connectivity index (χ4n) is 4.39. The molecular formula is C20H32N4O5S. The highest BCUT2D eigenvalue weighted by molar-refractivity contribution is 7.89. The molecule has 30 heavy (non-hydrogen) atoms. The van der Waals surface area contributed by atoms with Gasteiger partial charge in [0, 0.05) is 45.1 Å². The van der Waals surface area contributed by atoms with Gasteiger partial charge in [0.2, 0.25) is 21.8 Å². The second-order valence-electron chi connectivity index (χ2n) is 8.31. The highest BCUT2D eigenvalue weighted by Gasteiger charge is 2.36. The van der Waals surface area contributed by atoms with E-state index in [9.17, 15) is 18.0 Å². The molecule has 2 saturated heterocycles. The summed E-state index contributed by atoms with van der Waals surface area (Å²) < 4.78 is 32.3. The van der Waals surface area contributed by atoms with Crippen LogP contribution in [0.1, 0.15) is 50.5 Å². The molecule has 0 aliphatic carbocycles. The van der Waals surface area contributed by atoms with Crippen LogP contribution < -0.4 is 5.32 Å². The van der Waals surface area contributed by atoms with Crippen molar-refractivity contribution in [1.29, 1.82) is 0 Å². The van der Waals surface area contributed by atoms with Crippen molar-refractivity contribution < 1.29 is 22.5 Å². The molecule has 1 unspecified atom stereocenters. The van der Waals surface area contributed by atoms with Gasteiger partial charge in [0.25, 0.3) is 0 Å². The third-order valence-electron chi connectivity index (χ3n) is 6.26. The van der Waals surface area contributed by atoms with Gasteiger partial charge in [-0.1, -0.05) is 12.1 Å². The second-order valence-corrected chi connectivity index (χ2v) is 10.2. The van der Waals surface area contributed by atoms with E-state index >= 15 is 0 Å². The Balaban J connectivity index is 1.45. The van der Waals surface area contributed by atoms with Gasteiger partial charge in [0.05, 0.1) is 0 Å². The van der Waals surface area contributed by atoms with Gasteiger partial charge in [0.15, 0.2) is 5.76 Å². The van der Waals surface area contributed by atoms with Crippen LogP contribution in [0.4, 0.5) is 0 Å². The average molecular weight is 441 g/mol. The quantitative estimate of drug-likeness (QED) is 0.613. The number of carbonyl (C=O) groups is 2. The molecule has 1 atom stereocenters. The first-order valence-electron chi connectivity index (χ1n) is 10.7. The normalized spacial score (nSPS) is 20.0. The summed E-state index contributed by atoms with van der Waals surface area (Å²) in [5.41, 5.74) is 0.373. The van der Waals surface area contributed by atoms with Crippen molar-refractivity contribution in [2.75, 3.05) is 32.7 Å². The lowest BCUT2D eigenvalue weighted by molar-refractivity contribution is -0.127. The van der Waals surface area contributed by atoms with E-state index in [2.05, 4.69) is 10.5 Å². The molecule has 0 aromatic carbocycles. The number of aromatic nitrogens is 1. The Morgan fingerprint density at radius 1 is 1.27 bits per heavy atom. The zero-order valence-corrected chi connectivity index (χ0v) is 18.8. The smallest absolute Gasteiger partial charge is 0.248 e. The van der Waals surface area contributed by atoms with Gasteiger partial charge in [-0.15, -0.1) is 0 Å². The van der Waals surface area contributed by atoms with Crippen LogP contribution in [0.25, 0.3) is 0 Å². The lowest BCUT2D eigenvalue weighted by atomic mass is 9.85. The van der Waals surface area contributed by atoms with E-state index in [0.29, 0.717) is 56.9 Å². The van der Waals surface area contributed by atoms with E-state index in [0.717, 1.165) is 19.4 Å². The molecule has 168 valence electrons. The maximum Gasteiger partial charge on any atom is 0.248 e. The highest BCUT2D eigenvalue weighted by Crippen LogP contribution is 2.30. The summed E-state index contributed by atoms with van der Waals surface area (Å²) in [6.07, 6.45) is 3.58. The Morgan fingerprint density at radius 2 is 1.97 bits per heavy atom. The first kappa shape index (κ1) is 22.7. The van der Waals surface area contributed by atoms with E-state index in [-0.39, 0.29) is 28.5 Å². The Labute approximate surface area is 178 Å². The number of nitrogens with one attached hydrogen (secondary N) is 1. The summed E-state index contributed by atoms with van der Waals surface area (Å²) in [6.45, 7) is 7.95. The van der Waals surface area contributed by atoms with Gasteiger partial charge in [-0.2, -0.15) is 4.31 Å². The first-order valence-corrected chi connectivity index (χ1v) is 12.1. The zero-order chi connectivity index (χ0) is 21.9. The third kappa shape index (κ3) is 4.85. The number of likely N-dealkylation sites (tertiary alicyclic amines) is 1. The van der Waals surface area contributed by atoms with Gasteiger partial charge in [-0.25, -0.2) is 8.42 Å². The van der Waals surface area contributed by atoms with E-state index < -0.39 is 10.0 Å². The molecule has 10 heteroatoms. The Hall–Kier alpha value is -1.94. The standard InChI is InChI=1S/C20H32N4O5S/c1-14(20(26)21-9-5-11-23-10-4-6-18(23)25)17-7-12-24(13-8-17)30(27,28)19-15(2)22-29-16(19)3/h14,17H,4-13H2,1-3H3,(H,21,26). The summed E-state index contributed by atoms with van der Waals surface area (Å²) in [5.74, 6) is 0.462.